The van der Waals surface area contributed by atoms with Crippen molar-refractivity contribution < 1.29 is 4.79 Å². The Morgan fingerprint density at radius 3 is 2.73 bits per heavy atom. The molecule has 3 rings (SSSR count). The van der Waals surface area contributed by atoms with E-state index in [-0.39, 0.29) is 11.9 Å². The van der Waals surface area contributed by atoms with Crippen molar-refractivity contribution in [3.05, 3.63) is 22.4 Å². The summed E-state index contributed by atoms with van der Waals surface area (Å²) in [5.41, 5.74) is 0. The Hall–Kier alpha value is -0.870. The highest BCUT2D eigenvalue weighted by Crippen LogP contribution is 2.31. The first-order valence-electron chi connectivity index (χ1n) is 8.79. The molecule has 1 heterocycles. The van der Waals surface area contributed by atoms with E-state index in [0.717, 1.165) is 12.5 Å². The normalized spacial score (nSPS) is 21.0. The summed E-state index contributed by atoms with van der Waals surface area (Å²) < 4.78 is 0. The monoisotopic (exact) mass is 320 g/mol. The third-order valence-corrected chi connectivity index (χ3v) is 6.03. The van der Waals surface area contributed by atoms with Crippen LogP contribution in [0.2, 0.25) is 0 Å². The minimum absolute atomic E-state index is 0.128. The van der Waals surface area contributed by atoms with Gasteiger partial charge < -0.3 is 5.32 Å². The molecule has 1 N–H and O–H groups in total. The molecule has 0 bridgehead atoms. The molecule has 1 atom stereocenters. The van der Waals surface area contributed by atoms with Crippen LogP contribution >= 0.6 is 11.3 Å². The van der Waals surface area contributed by atoms with Gasteiger partial charge in [0.25, 0.3) is 0 Å². The Balaban J connectivity index is 1.48. The summed E-state index contributed by atoms with van der Waals surface area (Å²) in [4.78, 5) is 16.1. The first kappa shape index (κ1) is 16.0. The van der Waals surface area contributed by atoms with Crippen LogP contribution in [0.5, 0.6) is 0 Å². The summed E-state index contributed by atoms with van der Waals surface area (Å²) in [6.07, 6.45) is 9.43. The van der Waals surface area contributed by atoms with E-state index in [2.05, 4.69) is 28.6 Å². The summed E-state index contributed by atoms with van der Waals surface area (Å²) in [6, 6.07) is 4.94. The molecule has 3 nitrogen and oxygen atoms in total. The third-order valence-electron chi connectivity index (χ3n) is 4.97. The highest BCUT2D eigenvalue weighted by atomic mass is 32.1. The van der Waals surface area contributed by atoms with Gasteiger partial charge in [-0.2, -0.15) is 0 Å². The molecule has 4 heteroatoms. The summed E-state index contributed by atoms with van der Waals surface area (Å²) in [5, 5.41) is 5.23. The van der Waals surface area contributed by atoms with Crippen molar-refractivity contribution in [3.63, 3.8) is 0 Å². The van der Waals surface area contributed by atoms with Gasteiger partial charge in [0.1, 0.15) is 0 Å². The minimum Gasteiger partial charge on any atom is -0.348 e. The zero-order valence-electron chi connectivity index (χ0n) is 13.6. The second kappa shape index (κ2) is 7.60. The van der Waals surface area contributed by atoms with E-state index >= 15 is 0 Å². The second-order valence-electron chi connectivity index (χ2n) is 6.97. The summed E-state index contributed by atoms with van der Waals surface area (Å²) in [6.45, 7) is 3.79. The van der Waals surface area contributed by atoms with Crippen LogP contribution in [-0.2, 0) is 4.79 Å². The van der Waals surface area contributed by atoms with Crippen molar-refractivity contribution in [1.29, 1.82) is 0 Å². The Morgan fingerprint density at radius 1 is 1.32 bits per heavy atom. The number of rotatable bonds is 7. The van der Waals surface area contributed by atoms with Crippen LogP contribution in [0.15, 0.2) is 17.5 Å². The van der Waals surface area contributed by atoms with E-state index < -0.39 is 0 Å². The molecule has 0 spiro atoms. The highest BCUT2D eigenvalue weighted by Gasteiger charge is 2.32. The summed E-state index contributed by atoms with van der Waals surface area (Å²) in [5.74, 6) is 1.00. The van der Waals surface area contributed by atoms with Gasteiger partial charge in [-0.3, -0.25) is 9.69 Å². The first-order chi connectivity index (χ1) is 10.7. The zero-order chi connectivity index (χ0) is 15.4. The van der Waals surface area contributed by atoms with Gasteiger partial charge in [-0.25, -0.2) is 0 Å². The molecule has 2 saturated carbocycles. The number of carbonyl (C=O) groups excluding carboxylic acids is 1. The lowest BCUT2D eigenvalue weighted by Gasteiger charge is -2.29. The van der Waals surface area contributed by atoms with Crippen LogP contribution in [0, 0.1) is 5.92 Å². The smallest absolute Gasteiger partial charge is 0.234 e. The first-order valence-corrected chi connectivity index (χ1v) is 9.67. The lowest BCUT2D eigenvalue weighted by Crippen LogP contribution is -2.41. The molecular weight excluding hydrogens is 292 g/mol. The van der Waals surface area contributed by atoms with Gasteiger partial charge in [-0.15, -0.1) is 11.3 Å². The average molecular weight is 321 g/mol. The Labute approximate surface area is 138 Å². The number of nitrogens with one attached hydrogen (secondary N) is 1. The van der Waals surface area contributed by atoms with Crippen LogP contribution < -0.4 is 5.32 Å². The molecule has 0 aromatic carbocycles. The van der Waals surface area contributed by atoms with E-state index in [4.69, 9.17) is 0 Å². The fourth-order valence-electron chi connectivity index (χ4n) is 3.56. The number of nitrogens with zero attached hydrogens (tertiary/aromatic N) is 1. The summed E-state index contributed by atoms with van der Waals surface area (Å²) >= 11 is 1.71. The quantitative estimate of drug-likeness (QED) is 0.824. The number of hydrogen-bond donors (Lipinski definition) is 1. The standard InChI is InChI=1S/C18H28N2OS/c1-14(17-8-5-11-22-17)19-18(21)13-20(16-9-10-16)12-15-6-3-2-4-7-15/h5,8,11,14-16H,2-4,6-7,9-10,12-13H2,1H3,(H,19,21). The van der Waals surface area contributed by atoms with Crippen molar-refractivity contribution in [1.82, 2.24) is 10.2 Å². The van der Waals surface area contributed by atoms with Crippen LogP contribution in [0.4, 0.5) is 0 Å². The van der Waals surface area contributed by atoms with E-state index in [1.165, 1.54) is 49.8 Å². The van der Waals surface area contributed by atoms with Crippen LogP contribution in [-0.4, -0.2) is 29.9 Å². The molecule has 2 fully saturated rings. The maximum absolute atomic E-state index is 12.4. The third kappa shape index (κ3) is 4.56. The molecule has 2 aliphatic carbocycles. The Bertz CT molecular complexity index is 463. The molecule has 1 aromatic rings. The number of thiophene rings is 1. The van der Waals surface area contributed by atoms with E-state index in [0.29, 0.717) is 12.6 Å². The van der Waals surface area contributed by atoms with Crippen molar-refractivity contribution >= 4 is 17.2 Å². The zero-order valence-corrected chi connectivity index (χ0v) is 14.4. The molecule has 0 aliphatic heterocycles. The van der Waals surface area contributed by atoms with Crippen molar-refractivity contribution in [2.45, 2.75) is 64.0 Å². The average Bonchev–Trinajstić information content (AvgIpc) is 3.21. The fraction of sp³-hybridized carbons (Fsp3) is 0.722. The largest absolute Gasteiger partial charge is 0.348 e. The maximum atomic E-state index is 12.4. The van der Waals surface area contributed by atoms with Crippen LogP contribution in [0.25, 0.3) is 0 Å². The van der Waals surface area contributed by atoms with Crippen LogP contribution in [0.3, 0.4) is 0 Å². The van der Waals surface area contributed by atoms with E-state index in [1.54, 1.807) is 11.3 Å². The molecular formula is C18H28N2OS. The SMILES string of the molecule is CC(NC(=O)CN(CC1CCCCC1)C1CC1)c1cccs1. The number of hydrogen-bond acceptors (Lipinski definition) is 3. The van der Waals surface area contributed by atoms with Gasteiger partial charge in [-0.05, 0) is 50.0 Å². The highest BCUT2D eigenvalue weighted by molar-refractivity contribution is 7.10. The van der Waals surface area contributed by atoms with E-state index in [1.807, 2.05) is 6.07 Å². The molecule has 122 valence electrons. The van der Waals surface area contributed by atoms with Crippen LogP contribution in [0.1, 0.15) is 62.8 Å². The Morgan fingerprint density at radius 2 is 2.09 bits per heavy atom. The molecule has 1 aromatic heterocycles. The van der Waals surface area contributed by atoms with E-state index in [9.17, 15) is 4.79 Å². The number of amides is 1. The molecule has 0 radical (unpaired) electrons. The van der Waals surface area contributed by atoms with Gasteiger partial charge in [-0.1, -0.05) is 25.3 Å². The predicted octanol–water partition coefficient (Wildman–Crippen LogP) is 3.97. The van der Waals surface area contributed by atoms with Gasteiger partial charge >= 0.3 is 0 Å². The lowest BCUT2D eigenvalue weighted by molar-refractivity contribution is -0.123. The Kier molecular flexibility index (Phi) is 5.53. The predicted molar refractivity (Wildman–Crippen MR) is 92.0 cm³/mol. The van der Waals surface area contributed by atoms with Gasteiger partial charge in [0.15, 0.2) is 0 Å². The topological polar surface area (TPSA) is 32.3 Å². The number of carbonyl (C=O) groups is 1. The second-order valence-corrected chi connectivity index (χ2v) is 7.95. The molecule has 1 amide bonds. The van der Waals surface area contributed by atoms with Gasteiger partial charge in [0.05, 0.1) is 12.6 Å². The fourth-order valence-corrected chi connectivity index (χ4v) is 4.30. The summed E-state index contributed by atoms with van der Waals surface area (Å²) in [7, 11) is 0. The minimum atomic E-state index is 0.128. The van der Waals surface area contributed by atoms with Crippen molar-refractivity contribution in [2.75, 3.05) is 13.1 Å². The molecule has 2 aliphatic rings. The molecule has 0 saturated heterocycles. The molecule has 1 unspecified atom stereocenters. The lowest BCUT2D eigenvalue weighted by atomic mass is 9.89. The molecule has 22 heavy (non-hydrogen) atoms. The van der Waals surface area contributed by atoms with Crippen molar-refractivity contribution in [2.24, 2.45) is 5.92 Å². The van der Waals surface area contributed by atoms with Gasteiger partial charge in [0.2, 0.25) is 5.91 Å². The van der Waals surface area contributed by atoms with Gasteiger partial charge in [0, 0.05) is 17.5 Å². The maximum Gasteiger partial charge on any atom is 0.234 e. The van der Waals surface area contributed by atoms with Crippen molar-refractivity contribution in [3.8, 4) is 0 Å².